The van der Waals surface area contributed by atoms with Crippen molar-refractivity contribution in [3.8, 4) is 0 Å². The van der Waals surface area contributed by atoms with Crippen LogP contribution in [0.1, 0.15) is 20.3 Å². The van der Waals surface area contributed by atoms with E-state index in [0.717, 1.165) is 6.42 Å². The van der Waals surface area contributed by atoms with Crippen LogP contribution in [0.25, 0.3) is 0 Å². The van der Waals surface area contributed by atoms with E-state index in [1.807, 2.05) is 6.92 Å². The summed E-state index contributed by atoms with van der Waals surface area (Å²) >= 11 is 0. The topological polar surface area (TPSA) is 49.7 Å². The Labute approximate surface area is 55.3 Å². The summed E-state index contributed by atoms with van der Waals surface area (Å²) < 4.78 is 4.85. The standard InChI is InChI=1S/C6H14O3/c1-3-4-9-5-6(2,7)8/h7-8H,3-5H2,1-2H3. The third kappa shape index (κ3) is 7.88. The van der Waals surface area contributed by atoms with Crippen LogP contribution >= 0.6 is 0 Å². The highest BCUT2D eigenvalue weighted by molar-refractivity contribution is 4.51. The number of ether oxygens (including phenoxy) is 1. The van der Waals surface area contributed by atoms with E-state index in [0.29, 0.717) is 6.61 Å². The SMILES string of the molecule is CCCOCC(C)(O)O. The van der Waals surface area contributed by atoms with Crippen molar-refractivity contribution in [3.63, 3.8) is 0 Å². The Morgan fingerprint density at radius 2 is 2.00 bits per heavy atom. The van der Waals surface area contributed by atoms with Gasteiger partial charge in [0.2, 0.25) is 0 Å². The van der Waals surface area contributed by atoms with Crippen molar-refractivity contribution in [1.82, 2.24) is 0 Å². The van der Waals surface area contributed by atoms with Gasteiger partial charge in [0.05, 0.1) is 6.61 Å². The summed E-state index contributed by atoms with van der Waals surface area (Å²) in [5.74, 6) is -1.67. The van der Waals surface area contributed by atoms with Crippen LogP contribution < -0.4 is 0 Å². The Morgan fingerprint density at radius 3 is 2.33 bits per heavy atom. The van der Waals surface area contributed by atoms with E-state index < -0.39 is 5.79 Å². The van der Waals surface area contributed by atoms with Gasteiger partial charge in [-0.25, -0.2) is 0 Å². The molecule has 0 aliphatic heterocycles. The summed E-state index contributed by atoms with van der Waals surface area (Å²) in [5.41, 5.74) is 0. The van der Waals surface area contributed by atoms with E-state index in [1.165, 1.54) is 6.92 Å². The van der Waals surface area contributed by atoms with Crippen LogP contribution in [0.5, 0.6) is 0 Å². The van der Waals surface area contributed by atoms with E-state index in [1.54, 1.807) is 0 Å². The Bertz CT molecular complexity index is 65.2. The Kier molecular flexibility index (Phi) is 3.77. The van der Waals surface area contributed by atoms with Gasteiger partial charge in [-0.1, -0.05) is 6.92 Å². The lowest BCUT2D eigenvalue weighted by atomic mass is 10.4. The largest absolute Gasteiger partial charge is 0.376 e. The molecule has 0 aromatic carbocycles. The molecule has 0 fully saturated rings. The van der Waals surface area contributed by atoms with Gasteiger partial charge in [-0.15, -0.1) is 0 Å². The molecule has 0 aliphatic rings. The third-order valence-corrected chi connectivity index (χ3v) is 0.724. The smallest absolute Gasteiger partial charge is 0.183 e. The van der Waals surface area contributed by atoms with Crippen molar-refractivity contribution in [3.05, 3.63) is 0 Å². The molecule has 0 aromatic rings. The molecule has 0 amide bonds. The van der Waals surface area contributed by atoms with Crippen LogP contribution in [0, 0.1) is 0 Å². The number of rotatable bonds is 4. The van der Waals surface area contributed by atoms with Crippen molar-refractivity contribution in [2.45, 2.75) is 26.1 Å². The van der Waals surface area contributed by atoms with Crippen LogP contribution in [0.4, 0.5) is 0 Å². The van der Waals surface area contributed by atoms with Gasteiger partial charge < -0.3 is 14.9 Å². The van der Waals surface area contributed by atoms with Crippen molar-refractivity contribution < 1.29 is 14.9 Å². The average molecular weight is 134 g/mol. The fourth-order valence-corrected chi connectivity index (χ4v) is 0.410. The Morgan fingerprint density at radius 1 is 1.44 bits per heavy atom. The maximum Gasteiger partial charge on any atom is 0.183 e. The van der Waals surface area contributed by atoms with Crippen LogP contribution in [-0.4, -0.2) is 29.2 Å². The second-order valence-electron chi connectivity index (χ2n) is 2.27. The zero-order valence-electron chi connectivity index (χ0n) is 5.92. The van der Waals surface area contributed by atoms with Gasteiger partial charge in [-0.05, 0) is 13.3 Å². The molecule has 0 unspecified atom stereocenters. The summed E-state index contributed by atoms with van der Waals surface area (Å²) in [7, 11) is 0. The summed E-state index contributed by atoms with van der Waals surface area (Å²) in [6, 6.07) is 0. The lowest BCUT2D eigenvalue weighted by Gasteiger charge is -2.14. The van der Waals surface area contributed by atoms with Crippen molar-refractivity contribution >= 4 is 0 Å². The number of hydrogen-bond donors (Lipinski definition) is 2. The van der Waals surface area contributed by atoms with E-state index in [4.69, 9.17) is 14.9 Å². The average Bonchev–Trinajstić information content (AvgIpc) is 1.63. The van der Waals surface area contributed by atoms with Gasteiger partial charge in [0.15, 0.2) is 5.79 Å². The fraction of sp³-hybridized carbons (Fsp3) is 1.00. The molecule has 3 nitrogen and oxygen atoms in total. The van der Waals surface area contributed by atoms with Crippen molar-refractivity contribution in [2.24, 2.45) is 0 Å². The molecule has 0 aromatic heterocycles. The van der Waals surface area contributed by atoms with Gasteiger partial charge >= 0.3 is 0 Å². The van der Waals surface area contributed by atoms with Gasteiger partial charge in [0, 0.05) is 6.61 Å². The van der Waals surface area contributed by atoms with E-state index in [2.05, 4.69) is 0 Å². The highest BCUT2D eigenvalue weighted by Crippen LogP contribution is 1.96. The maximum atomic E-state index is 8.67. The first-order valence-electron chi connectivity index (χ1n) is 3.09. The predicted octanol–water partition coefficient (Wildman–Crippen LogP) is 0.114. The van der Waals surface area contributed by atoms with Gasteiger partial charge in [-0.3, -0.25) is 0 Å². The van der Waals surface area contributed by atoms with Gasteiger partial charge in [0.25, 0.3) is 0 Å². The molecule has 0 radical (unpaired) electrons. The minimum absolute atomic E-state index is 0.0131. The first-order chi connectivity index (χ1) is 4.06. The first kappa shape index (κ1) is 8.88. The molecule has 0 aliphatic carbocycles. The molecule has 0 spiro atoms. The Balaban J connectivity index is 3.07. The zero-order valence-corrected chi connectivity index (χ0v) is 5.92. The Hall–Kier alpha value is -0.120. The van der Waals surface area contributed by atoms with E-state index in [-0.39, 0.29) is 6.61 Å². The van der Waals surface area contributed by atoms with Crippen LogP contribution in [0.3, 0.4) is 0 Å². The van der Waals surface area contributed by atoms with Crippen molar-refractivity contribution in [1.29, 1.82) is 0 Å². The molecule has 0 atom stereocenters. The number of aliphatic hydroxyl groups is 2. The maximum absolute atomic E-state index is 8.67. The lowest BCUT2D eigenvalue weighted by Crippen LogP contribution is -2.29. The van der Waals surface area contributed by atoms with Crippen LogP contribution in [0.15, 0.2) is 0 Å². The van der Waals surface area contributed by atoms with Crippen LogP contribution in [-0.2, 0) is 4.74 Å². The minimum Gasteiger partial charge on any atom is -0.376 e. The first-order valence-corrected chi connectivity index (χ1v) is 3.09. The normalized spacial score (nSPS) is 12.0. The minimum atomic E-state index is -1.67. The van der Waals surface area contributed by atoms with E-state index in [9.17, 15) is 0 Å². The highest BCUT2D eigenvalue weighted by atomic mass is 16.6. The molecule has 56 valence electrons. The molecule has 3 heteroatoms. The number of hydrogen-bond acceptors (Lipinski definition) is 3. The van der Waals surface area contributed by atoms with Gasteiger partial charge in [-0.2, -0.15) is 0 Å². The molecule has 0 heterocycles. The molecule has 0 bridgehead atoms. The summed E-state index contributed by atoms with van der Waals surface area (Å²) in [5, 5.41) is 17.3. The van der Waals surface area contributed by atoms with E-state index >= 15 is 0 Å². The molecule has 9 heavy (non-hydrogen) atoms. The third-order valence-electron chi connectivity index (χ3n) is 0.724. The zero-order chi connectivity index (χ0) is 7.33. The summed E-state index contributed by atoms with van der Waals surface area (Å²) in [4.78, 5) is 0. The molecule has 0 rings (SSSR count). The fourth-order valence-electron chi connectivity index (χ4n) is 0.410. The lowest BCUT2D eigenvalue weighted by molar-refractivity contribution is -0.183. The second-order valence-corrected chi connectivity index (χ2v) is 2.27. The van der Waals surface area contributed by atoms with Gasteiger partial charge in [0.1, 0.15) is 0 Å². The predicted molar refractivity (Wildman–Crippen MR) is 34.0 cm³/mol. The quantitative estimate of drug-likeness (QED) is 0.424. The second kappa shape index (κ2) is 3.82. The molecule has 0 saturated heterocycles. The molecule has 0 saturated carbocycles. The summed E-state index contributed by atoms with van der Waals surface area (Å²) in [6.07, 6.45) is 0.899. The molecular weight excluding hydrogens is 120 g/mol. The van der Waals surface area contributed by atoms with Crippen molar-refractivity contribution in [2.75, 3.05) is 13.2 Å². The molecule has 2 N–H and O–H groups in total. The summed E-state index contributed by atoms with van der Waals surface area (Å²) in [6.45, 7) is 3.83. The molecular formula is C6H14O3. The highest BCUT2D eigenvalue weighted by Gasteiger charge is 2.13. The van der Waals surface area contributed by atoms with Crippen LogP contribution in [0.2, 0.25) is 0 Å². The monoisotopic (exact) mass is 134 g/mol.